The molecule has 0 aliphatic rings. The third-order valence-electron chi connectivity index (χ3n) is 3.60. The molecule has 0 N–H and O–H groups in total. The summed E-state index contributed by atoms with van der Waals surface area (Å²) in [5, 5.41) is 9.14. The van der Waals surface area contributed by atoms with E-state index in [4.69, 9.17) is 19.5 Å². The van der Waals surface area contributed by atoms with Crippen LogP contribution in [0, 0.1) is 11.3 Å². The molecule has 0 amide bonds. The zero-order valence-electron chi connectivity index (χ0n) is 14.6. The summed E-state index contributed by atoms with van der Waals surface area (Å²) in [6.45, 7) is 7.21. The fourth-order valence-electron chi connectivity index (χ4n) is 2.36. The third-order valence-corrected chi connectivity index (χ3v) is 3.60. The van der Waals surface area contributed by atoms with Crippen molar-refractivity contribution in [1.82, 2.24) is 0 Å². The van der Waals surface area contributed by atoms with Crippen molar-refractivity contribution in [1.29, 1.82) is 5.26 Å². The summed E-state index contributed by atoms with van der Waals surface area (Å²) in [5.41, 5.74) is 1.65. The Labute approximate surface area is 143 Å². The van der Waals surface area contributed by atoms with Crippen LogP contribution in [0.3, 0.4) is 0 Å². The highest BCUT2D eigenvalue weighted by atomic mass is 16.5. The first-order chi connectivity index (χ1) is 11.5. The Bertz CT molecular complexity index is 726. The lowest BCUT2D eigenvalue weighted by molar-refractivity contribution is 0.213. The summed E-state index contributed by atoms with van der Waals surface area (Å²) >= 11 is 0. The van der Waals surface area contributed by atoms with E-state index in [2.05, 4.69) is 32.9 Å². The second-order valence-electron chi connectivity index (χ2n) is 6.42. The largest absolute Gasteiger partial charge is 0.497 e. The van der Waals surface area contributed by atoms with Gasteiger partial charge in [0.15, 0.2) is 0 Å². The quantitative estimate of drug-likeness (QED) is 0.742. The molecular formula is C20H23NO3. The average molecular weight is 325 g/mol. The van der Waals surface area contributed by atoms with E-state index in [1.54, 1.807) is 25.3 Å². The second-order valence-corrected chi connectivity index (χ2v) is 6.42. The first kappa shape index (κ1) is 17.7. The molecule has 0 spiro atoms. The van der Waals surface area contributed by atoms with Gasteiger partial charge >= 0.3 is 0 Å². The number of nitriles is 1. The number of rotatable bonds is 6. The molecule has 0 bridgehead atoms. The fourth-order valence-corrected chi connectivity index (χ4v) is 2.36. The van der Waals surface area contributed by atoms with Gasteiger partial charge in [-0.2, -0.15) is 5.26 Å². The van der Waals surface area contributed by atoms with Gasteiger partial charge in [0, 0.05) is 6.07 Å². The molecule has 0 fully saturated rings. The second kappa shape index (κ2) is 7.74. The Kier molecular flexibility index (Phi) is 5.70. The molecule has 0 unspecified atom stereocenters. The van der Waals surface area contributed by atoms with E-state index in [0.717, 1.165) is 11.3 Å². The molecule has 0 saturated carbocycles. The number of ether oxygens (including phenoxy) is 3. The zero-order chi connectivity index (χ0) is 17.6. The molecule has 0 heterocycles. The number of nitrogens with zero attached hydrogens (tertiary/aromatic N) is 1. The predicted molar refractivity (Wildman–Crippen MR) is 93.8 cm³/mol. The molecule has 2 aromatic rings. The summed E-state index contributed by atoms with van der Waals surface area (Å²) in [4.78, 5) is 0. The summed E-state index contributed by atoms with van der Waals surface area (Å²) in [6.07, 6.45) is 0. The van der Waals surface area contributed by atoms with Crippen LogP contribution in [0.5, 0.6) is 17.2 Å². The number of methoxy groups -OCH3 is 1. The number of para-hydroxylation sites is 1. The zero-order valence-corrected chi connectivity index (χ0v) is 14.6. The lowest BCUT2D eigenvalue weighted by atomic mass is 9.86. The van der Waals surface area contributed by atoms with Crippen molar-refractivity contribution >= 4 is 0 Å². The van der Waals surface area contributed by atoms with Crippen molar-refractivity contribution in [3.63, 3.8) is 0 Å². The van der Waals surface area contributed by atoms with Gasteiger partial charge in [-0.15, -0.1) is 0 Å². The Hall–Kier alpha value is -2.67. The van der Waals surface area contributed by atoms with E-state index in [0.29, 0.717) is 30.3 Å². The molecule has 126 valence electrons. The maximum absolute atomic E-state index is 9.14. The van der Waals surface area contributed by atoms with Crippen LogP contribution in [-0.4, -0.2) is 20.3 Å². The third kappa shape index (κ3) is 4.42. The van der Waals surface area contributed by atoms with Gasteiger partial charge in [-0.1, -0.05) is 39.0 Å². The summed E-state index contributed by atoms with van der Waals surface area (Å²) in [5.74, 6) is 2.02. The van der Waals surface area contributed by atoms with Gasteiger partial charge in [0.2, 0.25) is 0 Å². The van der Waals surface area contributed by atoms with Gasteiger partial charge in [0.25, 0.3) is 0 Å². The average Bonchev–Trinajstić information content (AvgIpc) is 2.58. The van der Waals surface area contributed by atoms with Crippen LogP contribution in [0.25, 0.3) is 0 Å². The Morgan fingerprint density at radius 1 is 0.958 bits per heavy atom. The molecule has 0 aliphatic heterocycles. The van der Waals surface area contributed by atoms with Crippen LogP contribution >= 0.6 is 0 Å². The minimum absolute atomic E-state index is 0.0121. The highest BCUT2D eigenvalue weighted by Gasteiger charge is 2.18. The van der Waals surface area contributed by atoms with Crippen LogP contribution in [0.15, 0.2) is 42.5 Å². The first-order valence-electron chi connectivity index (χ1n) is 7.89. The molecule has 0 aromatic heterocycles. The first-order valence-corrected chi connectivity index (χ1v) is 7.89. The van der Waals surface area contributed by atoms with Crippen LogP contribution in [-0.2, 0) is 5.41 Å². The van der Waals surface area contributed by atoms with Crippen molar-refractivity contribution in [2.75, 3.05) is 20.3 Å². The number of hydrogen-bond acceptors (Lipinski definition) is 4. The Morgan fingerprint density at radius 3 is 2.25 bits per heavy atom. The monoisotopic (exact) mass is 325 g/mol. The van der Waals surface area contributed by atoms with Gasteiger partial charge in [0.05, 0.1) is 12.7 Å². The van der Waals surface area contributed by atoms with Crippen LogP contribution in [0.2, 0.25) is 0 Å². The molecule has 2 aromatic carbocycles. The lowest BCUT2D eigenvalue weighted by Crippen LogP contribution is -2.16. The van der Waals surface area contributed by atoms with Gasteiger partial charge in [0.1, 0.15) is 36.5 Å². The van der Waals surface area contributed by atoms with Crippen LogP contribution < -0.4 is 14.2 Å². The fraction of sp³-hybridized carbons (Fsp3) is 0.350. The van der Waals surface area contributed by atoms with E-state index in [-0.39, 0.29) is 5.41 Å². The predicted octanol–water partition coefficient (Wildman–Crippen LogP) is 4.32. The molecule has 0 atom stereocenters. The smallest absolute Gasteiger partial charge is 0.140 e. The van der Waals surface area contributed by atoms with Crippen LogP contribution in [0.1, 0.15) is 31.9 Å². The number of hydrogen-bond donors (Lipinski definition) is 0. The van der Waals surface area contributed by atoms with E-state index in [1.807, 2.05) is 18.2 Å². The molecule has 0 aliphatic carbocycles. The van der Waals surface area contributed by atoms with E-state index in [9.17, 15) is 0 Å². The summed E-state index contributed by atoms with van der Waals surface area (Å²) < 4.78 is 16.7. The van der Waals surface area contributed by atoms with Crippen molar-refractivity contribution in [3.05, 3.63) is 53.6 Å². The molecule has 4 nitrogen and oxygen atoms in total. The maximum Gasteiger partial charge on any atom is 0.140 e. The number of benzene rings is 2. The Morgan fingerprint density at radius 2 is 1.62 bits per heavy atom. The molecule has 4 heteroatoms. The van der Waals surface area contributed by atoms with E-state index in [1.165, 1.54) is 0 Å². The van der Waals surface area contributed by atoms with Crippen molar-refractivity contribution < 1.29 is 14.2 Å². The normalized spacial score (nSPS) is 10.8. The molecule has 24 heavy (non-hydrogen) atoms. The van der Waals surface area contributed by atoms with Crippen molar-refractivity contribution in [3.8, 4) is 23.3 Å². The standard InChI is InChI=1S/C20H23NO3/c1-20(2,3)17-7-5-6-8-18(17)23-11-12-24-19-13-16(22-4)10-9-15(19)14-21/h5-10,13H,11-12H2,1-4H3. The van der Waals surface area contributed by atoms with Crippen LogP contribution in [0.4, 0.5) is 0 Å². The Balaban J connectivity index is 1.99. The summed E-state index contributed by atoms with van der Waals surface area (Å²) in [7, 11) is 1.58. The van der Waals surface area contributed by atoms with Gasteiger partial charge in [-0.05, 0) is 29.2 Å². The highest BCUT2D eigenvalue weighted by Crippen LogP contribution is 2.31. The van der Waals surface area contributed by atoms with E-state index >= 15 is 0 Å². The van der Waals surface area contributed by atoms with Gasteiger partial charge in [-0.3, -0.25) is 0 Å². The summed E-state index contributed by atoms with van der Waals surface area (Å²) in [6, 6.07) is 15.3. The van der Waals surface area contributed by atoms with E-state index < -0.39 is 0 Å². The van der Waals surface area contributed by atoms with Gasteiger partial charge in [-0.25, -0.2) is 0 Å². The molecule has 2 rings (SSSR count). The van der Waals surface area contributed by atoms with Crippen molar-refractivity contribution in [2.45, 2.75) is 26.2 Å². The van der Waals surface area contributed by atoms with Crippen molar-refractivity contribution in [2.24, 2.45) is 0 Å². The highest BCUT2D eigenvalue weighted by molar-refractivity contribution is 5.47. The minimum atomic E-state index is 0.0121. The molecule has 0 saturated heterocycles. The SMILES string of the molecule is COc1ccc(C#N)c(OCCOc2ccccc2C(C)(C)C)c1. The molecule has 0 radical (unpaired) electrons. The topological polar surface area (TPSA) is 51.5 Å². The lowest BCUT2D eigenvalue weighted by Gasteiger charge is -2.22. The molecular weight excluding hydrogens is 302 g/mol. The minimum Gasteiger partial charge on any atom is -0.497 e. The van der Waals surface area contributed by atoms with Gasteiger partial charge < -0.3 is 14.2 Å². The maximum atomic E-state index is 9.14.